The predicted molar refractivity (Wildman–Crippen MR) is 114 cm³/mol. The van der Waals surface area contributed by atoms with Gasteiger partial charge in [0.15, 0.2) is 5.76 Å². The van der Waals surface area contributed by atoms with Gasteiger partial charge in [-0.1, -0.05) is 12.1 Å². The van der Waals surface area contributed by atoms with E-state index < -0.39 is 15.9 Å². The van der Waals surface area contributed by atoms with Gasteiger partial charge in [-0.25, -0.2) is 8.42 Å². The second-order valence-corrected chi connectivity index (χ2v) is 9.76. The van der Waals surface area contributed by atoms with Crippen LogP contribution in [0.25, 0.3) is 0 Å². The summed E-state index contributed by atoms with van der Waals surface area (Å²) < 4.78 is 43.3. The van der Waals surface area contributed by atoms with Crippen LogP contribution in [0.1, 0.15) is 48.2 Å². The molecule has 3 heterocycles. The lowest BCUT2D eigenvalue weighted by atomic mass is 10.1. The van der Waals surface area contributed by atoms with Gasteiger partial charge in [-0.2, -0.15) is 4.31 Å². The molecule has 9 heteroatoms. The van der Waals surface area contributed by atoms with Crippen LogP contribution < -0.4 is 5.32 Å². The van der Waals surface area contributed by atoms with Crippen LogP contribution in [0.3, 0.4) is 0 Å². The maximum Gasteiger partial charge on any atom is 0.291 e. The zero-order chi connectivity index (χ0) is 21.7. The van der Waals surface area contributed by atoms with Crippen molar-refractivity contribution in [2.45, 2.75) is 49.9 Å². The number of ether oxygens (including phenoxy) is 2. The first-order valence-electron chi connectivity index (χ1n) is 10.7. The summed E-state index contributed by atoms with van der Waals surface area (Å²) in [5.41, 5.74) is 1.51. The normalized spacial score (nSPS) is 20.1. The SMILES string of the molecule is O=C(Nc1cccc(COC[C@H]2CCCCO2)c1)c1ccc(S(=O)(=O)N2CCCC2)o1. The lowest BCUT2D eigenvalue weighted by molar-refractivity contribution is -0.0447. The van der Waals surface area contributed by atoms with E-state index in [0.29, 0.717) is 32.0 Å². The number of nitrogens with zero attached hydrogens (tertiary/aromatic N) is 1. The van der Waals surface area contributed by atoms with Gasteiger partial charge in [-0.15, -0.1) is 0 Å². The molecule has 1 atom stereocenters. The first-order valence-corrected chi connectivity index (χ1v) is 12.2. The van der Waals surface area contributed by atoms with E-state index in [-0.39, 0.29) is 17.0 Å². The van der Waals surface area contributed by atoms with Crippen molar-refractivity contribution in [3.8, 4) is 0 Å². The molecule has 2 aliphatic heterocycles. The van der Waals surface area contributed by atoms with Crippen LogP contribution in [0.4, 0.5) is 5.69 Å². The predicted octanol–water partition coefficient (Wildman–Crippen LogP) is 3.40. The van der Waals surface area contributed by atoms with Gasteiger partial charge in [0, 0.05) is 25.4 Å². The van der Waals surface area contributed by atoms with E-state index in [1.165, 1.54) is 22.9 Å². The Morgan fingerprint density at radius 1 is 1.13 bits per heavy atom. The van der Waals surface area contributed by atoms with Crippen molar-refractivity contribution in [3.05, 3.63) is 47.7 Å². The monoisotopic (exact) mass is 448 g/mol. The summed E-state index contributed by atoms with van der Waals surface area (Å²) in [5.74, 6) is -0.551. The summed E-state index contributed by atoms with van der Waals surface area (Å²) in [4.78, 5) is 12.5. The van der Waals surface area contributed by atoms with Gasteiger partial charge in [0.1, 0.15) is 0 Å². The first kappa shape index (κ1) is 22.0. The molecule has 1 N–H and O–H groups in total. The number of rotatable bonds is 8. The minimum atomic E-state index is -3.69. The van der Waals surface area contributed by atoms with Gasteiger partial charge in [0.25, 0.3) is 15.9 Å². The van der Waals surface area contributed by atoms with E-state index in [2.05, 4.69) is 5.32 Å². The highest BCUT2D eigenvalue weighted by Gasteiger charge is 2.30. The molecular formula is C22H28N2O6S. The molecule has 2 aromatic rings. The molecule has 4 rings (SSSR count). The van der Waals surface area contributed by atoms with Crippen molar-refractivity contribution in [2.24, 2.45) is 0 Å². The van der Waals surface area contributed by atoms with E-state index in [0.717, 1.165) is 37.9 Å². The van der Waals surface area contributed by atoms with E-state index in [4.69, 9.17) is 13.9 Å². The number of hydrogen-bond donors (Lipinski definition) is 1. The number of benzene rings is 1. The number of sulfonamides is 1. The molecule has 168 valence electrons. The second kappa shape index (κ2) is 9.95. The van der Waals surface area contributed by atoms with Crippen molar-refractivity contribution in [1.29, 1.82) is 0 Å². The van der Waals surface area contributed by atoms with Crippen LogP contribution in [-0.2, 0) is 26.1 Å². The van der Waals surface area contributed by atoms with E-state index >= 15 is 0 Å². The Bertz CT molecular complexity index is 991. The van der Waals surface area contributed by atoms with Crippen LogP contribution in [0.2, 0.25) is 0 Å². The van der Waals surface area contributed by atoms with Crippen molar-refractivity contribution >= 4 is 21.6 Å². The van der Waals surface area contributed by atoms with E-state index in [9.17, 15) is 13.2 Å². The summed E-state index contributed by atoms with van der Waals surface area (Å²) in [6, 6.07) is 10.1. The van der Waals surface area contributed by atoms with Crippen LogP contribution in [-0.4, -0.2) is 51.0 Å². The molecule has 2 aliphatic rings. The summed E-state index contributed by atoms with van der Waals surface area (Å²) in [6.07, 6.45) is 5.13. The molecule has 0 saturated carbocycles. The second-order valence-electron chi connectivity index (χ2n) is 7.89. The van der Waals surface area contributed by atoms with E-state index in [1.807, 2.05) is 18.2 Å². The summed E-state index contributed by atoms with van der Waals surface area (Å²) >= 11 is 0. The highest BCUT2D eigenvalue weighted by atomic mass is 32.2. The molecular weight excluding hydrogens is 420 g/mol. The standard InChI is InChI=1S/C22H28N2O6S/c25-22(20-9-10-21(30-20)31(26,27)24-11-2-3-12-24)23-18-7-5-6-17(14-18)15-28-16-19-8-1-4-13-29-19/h5-7,9-10,14,19H,1-4,8,11-13,15-16H2,(H,23,25)/t19-/m1/s1. The molecule has 1 aromatic carbocycles. The van der Waals surface area contributed by atoms with Crippen LogP contribution in [0.5, 0.6) is 0 Å². The van der Waals surface area contributed by atoms with Crippen molar-refractivity contribution in [3.63, 3.8) is 0 Å². The molecule has 1 aromatic heterocycles. The molecule has 0 bridgehead atoms. The molecule has 2 saturated heterocycles. The quantitative estimate of drug-likeness (QED) is 0.665. The van der Waals surface area contributed by atoms with Gasteiger partial charge < -0.3 is 19.2 Å². The zero-order valence-corrected chi connectivity index (χ0v) is 18.2. The zero-order valence-electron chi connectivity index (χ0n) is 17.4. The highest BCUT2D eigenvalue weighted by molar-refractivity contribution is 7.89. The number of amides is 1. The molecule has 2 fully saturated rings. The number of carbonyl (C=O) groups excluding carboxylic acids is 1. The summed E-state index contributed by atoms with van der Waals surface area (Å²) in [6.45, 7) is 2.72. The Labute approximate surface area is 182 Å². The van der Waals surface area contributed by atoms with Crippen molar-refractivity contribution in [1.82, 2.24) is 4.31 Å². The maximum atomic E-state index is 12.6. The number of anilines is 1. The van der Waals surface area contributed by atoms with Crippen molar-refractivity contribution < 1.29 is 27.1 Å². The lowest BCUT2D eigenvalue weighted by Crippen LogP contribution is -2.27. The minimum absolute atomic E-state index is 0.0473. The lowest BCUT2D eigenvalue weighted by Gasteiger charge is -2.22. The minimum Gasteiger partial charge on any atom is -0.438 e. The Kier molecular flexibility index (Phi) is 7.06. The molecule has 8 nitrogen and oxygen atoms in total. The Hall–Kier alpha value is -2.20. The maximum absolute atomic E-state index is 12.6. The van der Waals surface area contributed by atoms with Crippen LogP contribution in [0.15, 0.2) is 45.9 Å². The third-order valence-electron chi connectivity index (χ3n) is 5.50. The fourth-order valence-corrected chi connectivity index (χ4v) is 5.24. The molecule has 0 unspecified atom stereocenters. The summed E-state index contributed by atoms with van der Waals surface area (Å²) in [5, 5.41) is 2.55. The molecule has 0 spiro atoms. The number of furan rings is 1. The molecule has 0 aliphatic carbocycles. The average Bonchev–Trinajstić information content (AvgIpc) is 3.48. The van der Waals surface area contributed by atoms with Crippen LogP contribution in [0, 0.1) is 0 Å². The van der Waals surface area contributed by atoms with Gasteiger partial charge >= 0.3 is 0 Å². The van der Waals surface area contributed by atoms with Gasteiger partial charge in [-0.05, 0) is 61.9 Å². The first-order chi connectivity index (χ1) is 15.0. The molecule has 1 amide bonds. The fourth-order valence-electron chi connectivity index (χ4n) is 3.82. The van der Waals surface area contributed by atoms with Gasteiger partial charge in [0.05, 0.1) is 19.3 Å². The van der Waals surface area contributed by atoms with Gasteiger partial charge in [0.2, 0.25) is 5.09 Å². The van der Waals surface area contributed by atoms with Gasteiger partial charge in [-0.3, -0.25) is 4.79 Å². The number of hydrogen-bond acceptors (Lipinski definition) is 6. The third-order valence-corrected chi connectivity index (χ3v) is 7.27. The Balaban J connectivity index is 1.33. The largest absolute Gasteiger partial charge is 0.438 e. The summed E-state index contributed by atoms with van der Waals surface area (Å²) in [7, 11) is -3.69. The Morgan fingerprint density at radius 2 is 1.97 bits per heavy atom. The molecule has 31 heavy (non-hydrogen) atoms. The number of nitrogens with one attached hydrogen (secondary N) is 1. The number of carbonyl (C=O) groups is 1. The van der Waals surface area contributed by atoms with E-state index in [1.54, 1.807) is 6.07 Å². The molecule has 0 radical (unpaired) electrons. The average molecular weight is 449 g/mol. The topological polar surface area (TPSA) is 98.1 Å². The third kappa shape index (κ3) is 5.54. The Morgan fingerprint density at radius 3 is 2.74 bits per heavy atom. The smallest absolute Gasteiger partial charge is 0.291 e. The van der Waals surface area contributed by atoms with Crippen LogP contribution >= 0.6 is 0 Å². The fraction of sp³-hybridized carbons (Fsp3) is 0.500. The van der Waals surface area contributed by atoms with Crippen molar-refractivity contribution in [2.75, 3.05) is 31.6 Å². The highest BCUT2D eigenvalue weighted by Crippen LogP contribution is 2.23.